The molecule has 7 heteroatoms. The van der Waals surface area contributed by atoms with Gasteiger partial charge in [0.05, 0.1) is 16.6 Å². The van der Waals surface area contributed by atoms with Crippen molar-refractivity contribution in [2.45, 2.75) is 33.2 Å². The molecular formula is C13H20Cl2N4O. The van der Waals surface area contributed by atoms with Gasteiger partial charge < -0.3 is 16.0 Å². The molecule has 0 bridgehead atoms. The van der Waals surface area contributed by atoms with Crippen molar-refractivity contribution in [1.82, 2.24) is 10.3 Å². The number of carbonyl (C=O) groups excluding carboxylic acids is 1. The molecule has 0 aliphatic carbocycles. The molecule has 0 spiro atoms. The van der Waals surface area contributed by atoms with E-state index in [1.807, 2.05) is 20.8 Å². The Balaban J connectivity index is 2.71. The van der Waals surface area contributed by atoms with Crippen molar-refractivity contribution in [3.63, 3.8) is 0 Å². The fraction of sp³-hybridized carbons (Fsp3) is 0.538. The van der Waals surface area contributed by atoms with E-state index in [0.29, 0.717) is 21.7 Å². The number of nitrogens with one attached hydrogen (secondary N) is 3. The van der Waals surface area contributed by atoms with Gasteiger partial charge in [-0.25, -0.2) is 4.98 Å². The molecule has 1 rings (SSSR count). The van der Waals surface area contributed by atoms with Crippen LogP contribution in [0.3, 0.4) is 0 Å². The van der Waals surface area contributed by atoms with Gasteiger partial charge in [0.15, 0.2) is 0 Å². The van der Waals surface area contributed by atoms with Crippen LogP contribution in [0.25, 0.3) is 0 Å². The third kappa shape index (κ3) is 5.43. The maximum atomic E-state index is 11.6. The van der Waals surface area contributed by atoms with Crippen molar-refractivity contribution >= 4 is 40.7 Å². The molecule has 1 aromatic heterocycles. The third-order valence-electron chi connectivity index (χ3n) is 2.34. The molecule has 0 fully saturated rings. The highest BCUT2D eigenvalue weighted by atomic mass is 35.5. The van der Waals surface area contributed by atoms with E-state index in [-0.39, 0.29) is 18.5 Å². The Morgan fingerprint density at radius 2 is 1.85 bits per heavy atom. The van der Waals surface area contributed by atoms with Gasteiger partial charge in [-0.2, -0.15) is 0 Å². The van der Waals surface area contributed by atoms with Gasteiger partial charge in [-0.05, 0) is 26.3 Å². The number of amides is 1. The zero-order valence-electron chi connectivity index (χ0n) is 11.9. The third-order valence-corrected chi connectivity index (χ3v) is 2.91. The van der Waals surface area contributed by atoms with Crippen LogP contribution in [0.4, 0.5) is 11.6 Å². The Bertz CT molecular complexity index is 466. The lowest BCUT2D eigenvalue weighted by Gasteiger charge is -2.13. The van der Waals surface area contributed by atoms with Crippen LogP contribution >= 0.6 is 23.2 Å². The first-order chi connectivity index (χ1) is 9.43. The van der Waals surface area contributed by atoms with Gasteiger partial charge in [0.2, 0.25) is 5.91 Å². The Kier molecular flexibility index (Phi) is 6.88. The average Bonchev–Trinajstić information content (AvgIpc) is 2.35. The minimum atomic E-state index is -0.115. The summed E-state index contributed by atoms with van der Waals surface area (Å²) < 4.78 is 0. The summed E-state index contributed by atoms with van der Waals surface area (Å²) in [6.07, 6.45) is 0.959. The van der Waals surface area contributed by atoms with Gasteiger partial charge in [0.25, 0.3) is 0 Å². The Hall–Kier alpha value is -1.20. The van der Waals surface area contributed by atoms with Crippen molar-refractivity contribution in [2.24, 2.45) is 0 Å². The maximum Gasteiger partial charge on any atom is 0.239 e. The second-order valence-corrected chi connectivity index (χ2v) is 5.47. The van der Waals surface area contributed by atoms with Crippen LogP contribution in [-0.4, -0.2) is 30.0 Å². The van der Waals surface area contributed by atoms with Crippen LogP contribution in [0.15, 0.2) is 6.07 Å². The molecule has 0 aliphatic rings. The van der Waals surface area contributed by atoms with Crippen molar-refractivity contribution in [1.29, 1.82) is 0 Å². The molecule has 5 nitrogen and oxygen atoms in total. The van der Waals surface area contributed by atoms with Gasteiger partial charge in [0.1, 0.15) is 11.6 Å². The first kappa shape index (κ1) is 16.9. The lowest BCUT2D eigenvalue weighted by atomic mass is 10.3. The van der Waals surface area contributed by atoms with Crippen molar-refractivity contribution in [2.75, 3.05) is 23.7 Å². The van der Waals surface area contributed by atoms with Crippen LogP contribution in [-0.2, 0) is 4.79 Å². The smallest absolute Gasteiger partial charge is 0.239 e. The number of hydrogen-bond acceptors (Lipinski definition) is 4. The van der Waals surface area contributed by atoms with Crippen LogP contribution in [0, 0.1) is 0 Å². The van der Waals surface area contributed by atoms with Crippen molar-refractivity contribution < 1.29 is 4.79 Å². The number of nitrogens with zero attached hydrogens (tertiary/aromatic N) is 1. The fourth-order valence-corrected chi connectivity index (χ4v) is 1.99. The number of pyridine rings is 1. The van der Waals surface area contributed by atoms with Crippen LogP contribution in [0.1, 0.15) is 27.2 Å². The lowest BCUT2D eigenvalue weighted by molar-refractivity contribution is -0.119. The lowest BCUT2D eigenvalue weighted by Crippen LogP contribution is -2.35. The highest BCUT2D eigenvalue weighted by Gasteiger charge is 2.10. The quantitative estimate of drug-likeness (QED) is 0.722. The summed E-state index contributed by atoms with van der Waals surface area (Å²) in [7, 11) is 0. The van der Waals surface area contributed by atoms with Gasteiger partial charge in [0, 0.05) is 12.6 Å². The Morgan fingerprint density at radius 1 is 1.25 bits per heavy atom. The van der Waals surface area contributed by atoms with Crippen LogP contribution in [0.2, 0.25) is 10.0 Å². The molecule has 3 N–H and O–H groups in total. The molecular weight excluding hydrogens is 299 g/mol. The number of anilines is 2. The van der Waals surface area contributed by atoms with Crippen LogP contribution < -0.4 is 16.0 Å². The highest BCUT2D eigenvalue weighted by Crippen LogP contribution is 2.29. The predicted octanol–water partition coefficient (Wildman–Crippen LogP) is 3.15. The first-order valence-corrected chi connectivity index (χ1v) is 7.32. The van der Waals surface area contributed by atoms with Gasteiger partial charge in [-0.3, -0.25) is 4.79 Å². The fourth-order valence-electron chi connectivity index (χ4n) is 1.49. The summed E-state index contributed by atoms with van der Waals surface area (Å²) in [5, 5.41) is 9.64. The molecule has 0 atom stereocenters. The van der Waals surface area contributed by atoms with Gasteiger partial charge in [-0.1, -0.05) is 30.1 Å². The molecule has 0 aromatic carbocycles. The van der Waals surface area contributed by atoms with E-state index >= 15 is 0 Å². The van der Waals surface area contributed by atoms with E-state index in [1.165, 1.54) is 0 Å². The molecule has 0 unspecified atom stereocenters. The second-order valence-electron chi connectivity index (χ2n) is 4.65. The molecule has 1 amide bonds. The number of hydrogen-bond donors (Lipinski definition) is 3. The van der Waals surface area contributed by atoms with Crippen molar-refractivity contribution in [3.05, 3.63) is 16.1 Å². The zero-order chi connectivity index (χ0) is 15.1. The summed E-state index contributed by atoms with van der Waals surface area (Å²) in [5.41, 5.74) is 0. The zero-order valence-corrected chi connectivity index (χ0v) is 13.4. The standard InChI is InChI=1S/C13H20Cl2N4O/c1-4-5-16-12-9(14)6-10(15)13(19-12)17-7-11(20)18-8(2)3/h6,8H,4-5,7H2,1-3H3,(H,18,20)(H2,16,17,19). The molecule has 112 valence electrons. The van der Waals surface area contributed by atoms with E-state index in [9.17, 15) is 4.79 Å². The number of halogens is 2. The number of aromatic nitrogens is 1. The van der Waals surface area contributed by atoms with E-state index < -0.39 is 0 Å². The summed E-state index contributed by atoms with van der Waals surface area (Å²) >= 11 is 12.1. The van der Waals surface area contributed by atoms with E-state index in [4.69, 9.17) is 23.2 Å². The SMILES string of the molecule is CCCNc1nc(NCC(=O)NC(C)C)c(Cl)cc1Cl. The van der Waals surface area contributed by atoms with E-state index in [2.05, 4.69) is 20.9 Å². The van der Waals surface area contributed by atoms with Crippen molar-refractivity contribution in [3.8, 4) is 0 Å². The van der Waals surface area contributed by atoms with Gasteiger partial charge >= 0.3 is 0 Å². The summed E-state index contributed by atoms with van der Waals surface area (Å²) in [6.45, 7) is 6.73. The normalized spacial score (nSPS) is 10.5. The minimum Gasteiger partial charge on any atom is -0.369 e. The maximum absolute atomic E-state index is 11.6. The second kappa shape index (κ2) is 8.17. The topological polar surface area (TPSA) is 66.0 Å². The minimum absolute atomic E-state index is 0.0970. The molecule has 1 aromatic rings. The van der Waals surface area contributed by atoms with Crippen LogP contribution in [0.5, 0.6) is 0 Å². The average molecular weight is 319 g/mol. The number of rotatable bonds is 7. The molecule has 0 radical (unpaired) electrons. The molecule has 20 heavy (non-hydrogen) atoms. The summed E-state index contributed by atoms with van der Waals surface area (Å²) in [6, 6.07) is 1.70. The molecule has 0 aliphatic heterocycles. The van der Waals surface area contributed by atoms with Gasteiger partial charge in [-0.15, -0.1) is 0 Å². The Labute approximate surface area is 129 Å². The first-order valence-electron chi connectivity index (χ1n) is 6.57. The molecule has 1 heterocycles. The van der Waals surface area contributed by atoms with E-state index in [0.717, 1.165) is 13.0 Å². The summed E-state index contributed by atoms with van der Waals surface area (Å²) in [4.78, 5) is 15.9. The van der Waals surface area contributed by atoms with E-state index in [1.54, 1.807) is 6.07 Å². The predicted molar refractivity (Wildman–Crippen MR) is 84.8 cm³/mol. The number of carbonyl (C=O) groups is 1. The summed E-state index contributed by atoms with van der Waals surface area (Å²) in [5.74, 6) is 0.883. The molecule has 0 saturated heterocycles. The largest absolute Gasteiger partial charge is 0.369 e. The monoisotopic (exact) mass is 318 g/mol. The molecule has 0 saturated carbocycles. The highest BCUT2D eigenvalue weighted by molar-refractivity contribution is 6.37. The Morgan fingerprint density at radius 3 is 2.40 bits per heavy atom.